The molecule has 2 rings (SSSR count). The van der Waals surface area contributed by atoms with Gasteiger partial charge >= 0.3 is 5.97 Å². The maximum absolute atomic E-state index is 12.5. The van der Waals surface area contributed by atoms with E-state index in [1.165, 1.54) is 10.9 Å². The summed E-state index contributed by atoms with van der Waals surface area (Å²) in [5, 5.41) is 19.4. The first-order valence-electron chi connectivity index (χ1n) is 7.44. The van der Waals surface area contributed by atoms with Gasteiger partial charge in [-0.25, -0.2) is 4.68 Å². The third-order valence-electron chi connectivity index (χ3n) is 3.72. The average Bonchev–Trinajstić information content (AvgIpc) is 2.95. The summed E-state index contributed by atoms with van der Waals surface area (Å²) in [6.45, 7) is 5.63. The van der Waals surface area contributed by atoms with Crippen LogP contribution in [0.1, 0.15) is 36.7 Å². The SMILES string of the molecule is CCc1cccc(C)c1NC(=O)C(C)n1nncc1CC(=O)O. The van der Waals surface area contributed by atoms with Crippen molar-refractivity contribution in [1.29, 1.82) is 0 Å². The van der Waals surface area contributed by atoms with Crippen LogP contribution in [0.25, 0.3) is 0 Å². The van der Waals surface area contributed by atoms with E-state index >= 15 is 0 Å². The first kappa shape index (κ1) is 16.7. The summed E-state index contributed by atoms with van der Waals surface area (Å²) in [6.07, 6.45) is 1.94. The van der Waals surface area contributed by atoms with Crippen LogP contribution < -0.4 is 5.32 Å². The fourth-order valence-electron chi connectivity index (χ4n) is 2.41. The summed E-state index contributed by atoms with van der Waals surface area (Å²) >= 11 is 0. The summed E-state index contributed by atoms with van der Waals surface area (Å²) in [5.41, 5.74) is 3.22. The van der Waals surface area contributed by atoms with Crippen LogP contribution in [0.2, 0.25) is 0 Å². The minimum absolute atomic E-state index is 0.227. The summed E-state index contributed by atoms with van der Waals surface area (Å²) < 4.78 is 1.34. The van der Waals surface area contributed by atoms with Gasteiger partial charge in [-0.05, 0) is 31.4 Å². The van der Waals surface area contributed by atoms with Crippen LogP contribution in [0.4, 0.5) is 5.69 Å². The Morgan fingerprint density at radius 1 is 1.39 bits per heavy atom. The molecule has 1 amide bonds. The quantitative estimate of drug-likeness (QED) is 0.849. The van der Waals surface area contributed by atoms with Crippen molar-refractivity contribution < 1.29 is 14.7 Å². The van der Waals surface area contributed by atoms with Crippen molar-refractivity contribution in [2.45, 2.75) is 39.7 Å². The van der Waals surface area contributed by atoms with Gasteiger partial charge in [0.15, 0.2) is 0 Å². The largest absolute Gasteiger partial charge is 0.481 e. The van der Waals surface area contributed by atoms with E-state index in [1.54, 1.807) is 6.92 Å². The Morgan fingerprint density at radius 2 is 2.13 bits per heavy atom. The lowest BCUT2D eigenvalue weighted by Gasteiger charge is -2.17. The van der Waals surface area contributed by atoms with Crippen LogP contribution >= 0.6 is 0 Å². The van der Waals surface area contributed by atoms with Gasteiger partial charge < -0.3 is 10.4 Å². The van der Waals surface area contributed by atoms with Gasteiger partial charge in [0, 0.05) is 5.69 Å². The van der Waals surface area contributed by atoms with Gasteiger partial charge in [0.05, 0.1) is 18.3 Å². The molecular formula is C16H20N4O3. The summed E-state index contributed by atoms with van der Waals surface area (Å²) in [5.74, 6) is -1.25. The number of aromatic nitrogens is 3. The zero-order valence-electron chi connectivity index (χ0n) is 13.4. The van der Waals surface area contributed by atoms with E-state index < -0.39 is 12.0 Å². The normalized spacial score (nSPS) is 12.0. The number of carboxylic acid groups (broad SMARTS) is 1. The molecule has 1 atom stereocenters. The number of benzene rings is 1. The molecule has 0 aliphatic rings. The second kappa shape index (κ2) is 7.04. The van der Waals surface area contributed by atoms with Crippen molar-refractivity contribution in [3.63, 3.8) is 0 Å². The lowest BCUT2D eigenvalue weighted by molar-refractivity contribution is -0.136. The van der Waals surface area contributed by atoms with Crippen LogP contribution in [0.5, 0.6) is 0 Å². The fourth-order valence-corrected chi connectivity index (χ4v) is 2.41. The van der Waals surface area contributed by atoms with Crippen molar-refractivity contribution >= 4 is 17.6 Å². The number of hydrogen-bond donors (Lipinski definition) is 2. The van der Waals surface area contributed by atoms with Crippen LogP contribution in [0.3, 0.4) is 0 Å². The van der Waals surface area contributed by atoms with Crippen molar-refractivity contribution in [2.24, 2.45) is 0 Å². The number of hydrogen-bond acceptors (Lipinski definition) is 4. The molecule has 1 aromatic carbocycles. The number of carbonyl (C=O) groups is 2. The Hall–Kier alpha value is -2.70. The van der Waals surface area contributed by atoms with Crippen molar-refractivity contribution in [3.8, 4) is 0 Å². The van der Waals surface area contributed by atoms with Gasteiger partial charge in [-0.15, -0.1) is 5.10 Å². The Balaban J connectivity index is 2.22. The number of nitrogens with zero attached hydrogens (tertiary/aromatic N) is 3. The molecule has 1 unspecified atom stereocenters. The molecule has 0 radical (unpaired) electrons. The lowest BCUT2D eigenvalue weighted by Crippen LogP contribution is -2.27. The van der Waals surface area contributed by atoms with E-state index in [4.69, 9.17) is 5.11 Å². The molecule has 0 spiro atoms. The lowest BCUT2D eigenvalue weighted by atomic mass is 10.1. The predicted molar refractivity (Wildman–Crippen MR) is 85.3 cm³/mol. The number of amides is 1. The van der Waals surface area contributed by atoms with Gasteiger partial charge in [0.1, 0.15) is 6.04 Å². The number of aliphatic carboxylic acids is 1. The zero-order chi connectivity index (χ0) is 17.0. The Bertz CT molecular complexity index is 724. The molecule has 122 valence electrons. The Kier molecular flexibility index (Phi) is 5.10. The van der Waals surface area contributed by atoms with Crippen molar-refractivity contribution in [2.75, 3.05) is 5.32 Å². The molecule has 0 fully saturated rings. The zero-order valence-corrected chi connectivity index (χ0v) is 13.4. The highest BCUT2D eigenvalue weighted by Gasteiger charge is 2.21. The van der Waals surface area contributed by atoms with Crippen LogP contribution in [0, 0.1) is 6.92 Å². The maximum Gasteiger partial charge on any atom is 0.309 e. The highest BCUT2D eigenvalue weighted by atomic mass is 16.4. The maximum atomic E-state index is 12.5. The number of carbonyl (C=O) groups excluding carboxylic acids is 1. The number of aryl methyl sites for hydroxylation is 2. The van der Waals surface area contributed by atoms with Gasteiger partial charge in [0.25, 0.3) is 0 Å². The summed E-state index contributed by atoms with van der Waals surface area (Å²) in [7, 11) is 0. The van der Waals surface area contributed by atoms with Gasteiger partial charge in [-0.1, -0.05) is 30.3 Å². The average molecular weight is 316 g/mol. The predicted octanol–water partition coefficient (Wildman–Crippen LogP) is 1.98. The van der Waals surface area contributed by atoms with E-state index in [2.05, 4.69) is 15.6 Å². The first-order valence-corrected chi connectivity index (χ1v) is 7.44. The molecule has 0 aliphatic heterocycles. The molecule has 2 N–H and O–H groups in total. The van der Waals surface area contributed by atoms with Gasteiger partial charge in [-0.3, -0.25) is 9.59 Å². The number of carboxylic acids is 1. The van der Waals surface area contributed by atoms with Gasteiger partial charge in [0.2, 0.25) is 5.91 Å². The molecule has 0 aliphatic carbocycles. The fraction of sp³-hybridized carbons (Fsp3) is 0.375. The van der Waals surface area contributed by atoms with Crippen LogP contribution in [0.15, 0.2) is 24.4 Å². The van der Waals surface area contributed by atoms with E-state index in [1.807, 2.05) is 32.0 Å². The molecule has 0 bridgehead atoms. The second-order valence-electron chi connectivity index (χ2n) is 5.37. The highest BCUT2D eigenvalue weighted by Crippen LogP contribution is 2.22. The molecule has 0 saturated heterocycles. The summed E-state index contributed by atoms with van der Waals surface area (Å²) in [4.78, 5) is 23.4. The number of anilines is 1. The van der Waals surface area contributed by atoms with Crippen molar-refractivity contribution in [3.05, 3.63) is 41.2 Å². The molecule has 23 heavy (non-hydrogen) atoms. The minimum Gasteiger partial charge on any atom is -0.481 e. The van der Waals surface area contributed by atoms with Crippen LogP contribution in [-0.2, 0) is 22.4 Å². The monoisotopic (exact) mass is 316 g/mol. The number of nitrogens with one attached hydrogen (secondary N) is 1. The van der Waals surface area contributed by atoms with Crippen LogP contribution in [-0.4, -0.2) is 32.0 Å². The third kappa shape index (κ3) is 3.74. The molecular weight excluding hydrogens is 296 g/mol. The van der Waals surface area contributed by atoms with E-state index in [0.29, 0.717) is 5.69 Å². The van der Waals surface area contributed by atoms with E-state index in [-0.39, 0.29) is 12.3 Å². The minimum atomic E-state index is -0.992. The number of para-hydroxylation sites is 1. The standard InChI is InChI=1S/C16H20N4O3/c1-4-12-7-5-6-10(2)15(12)18-16(23)11(3)20-13(8-14(21)22)9-17-19-20/h5-7,9,11H,4,8H2,1-3H3,(H,18,23)(H,21,22). The molecule has 2 aromatic rings. The second-order valence-corrected chi connectivity index (χ2v) is 5.37. The van der Waals surface area contributed by atoms with E-state index in [0.717, 1.165) is 23.2 Å². The molecule has 0 saturated carbocycles. The highest BCUT2D eigenvalue weighted by molar-refractivity contribution is 5.95. The van der Waals surface area contributed by atoms with Gasteiger partial charge in [-0.2, -0.15) is 0 Å². The smallest absolute Gasteiger partial charge is 0.309 e. The van der Waals surface area contributed by atoms with E-state index in [9.17, 15) is 9.59 Å². The number of rotatable bonds is 6. The Morgan fingerprint density at radius 3 is 2.78 bits per heavy atom. The van der Waals surface area contributed by atoms with Crippen molar-refractivity contribution in [1.82, 2.24) is 15.0 Å². The molecule has 1 aromatic heterocycles. The Labute approximate surface area is 134 Å². The third-order valence-corrected chi connectivity index (χ3v) is 3.72. The topological polar surface area (TPSA) is 97.1 Å². The first-order chi connectivity index (χ1) is 10.9. The molecule has 7 heteroatoms. The molecule has 1 heterocycles. The molecule has 7 nitrogen and oxygen atoms in total. The summed E-state index contributed by atoms with van der Waals surface area (Å²) in [6, 6.07) is 5.20.